The molecule has 0 aliphatic rings. The van der Waals surface area contributed by atoms with Crippen molar-refractivity contribution in [2.45, 2.75) is 19.4 Å². The molecule has 0 heterocycles. The number of anilines is 2. The van der Waals surface area contributed by atoms with Gasteiger partial charge < -0.3 is 25.9 Å². The number of carbonyl (C=O) groups excluding carboxylic acids is 3. The fourth-order valence-corrected chi connectivity index (χ4v) is 2.25. The summed E-state index contributed by atoms with van der Waals surface area (Å²) in [5.74, 6) is -1.60. The van der Waals surface area contributed by atoms with Crippen LogP contribution < -0.4 is 21.1 Å². The van der Waals surface area contributed by atoms with E-state index >= 15 is 0 Å². The second kappa shape index (κ2) is 8.49. The third-order valence-electron chi connectivity index (χ3n) is 3.31. The van der Waals surface area contributed by atoms with E-state index in [9.17, 15) is 19.5 Å². The van der Waals surface area contributed by atoms with Crippen molar-refractivity contribution in [1.82, 2.24) is 5.32 Å². The molecule has 0 spiro atoms. The summed E-state index contributed by atoms with van der Waals surface area (Å²) in [6.45, 7) is 1.38. The van der Waals surface area contributed by atoms with Gasteiger partial charge in [-0.2, -0.15) is 0 Å². The summed E-state index contributed by atoms with van der Waals surface area (Å²) in [4.78, 5) is 34.4. The molecule has 7 nitrogen and oxygen atoms in total. The molecule has 3 amide bonds. The van der Waals surface area contributed by atoms with Crippen LogP contribution in [0.25, 0.3) is 0 Å². The van der Waals surface area contributed by atoms with Gasteiger partial charge in [-0.15, -0.1) is 0 Å². The van der Waals surface area contributed by atoms with Gasteiger partial charge in [0.15, 0.2) is 0 Å². The summed E-state index contributed by atoms with van der Waals surface area (Å²) in [5.41, 5.74) is 1.70. The molecule has 0 saturated heterocycles. The predicted octanol–water partition coefficient (Wildman–Crippen LogP) is 1.13. The quantitative estimate of drug-likeness (QED) is 0.732. The van der Waals surface area contributed by atoms with Crippen LogP contribution in [0.15, 0.2) is 54.6 Å². The maximum absolute atomic E-state index is 12.1. The van der Waals surface area contributed by atoms with Crippen LogP contribution >= 0.6 is 0 Å². The van der Waals surface area contributed by atoms with Crippen LogP contribution in [0.3, 0.4) is 0 Å². The van der Waals surface area contributed by atoms with Crippen LogP contribution in [-0.2, 0) is 16.0 Å². The van der Waals surface area contributed by atoms with Gasteiger partial charge in [-0.1, -0.05) is 36.4 Å². The molecule has 0 aliphatic carbocycles. The van der Waals surface area contributed by atoms with E-state index in [1.165, 1.54) is 6.92 Å². The highest BCUT2D eigenvalue weighted by atomic mass is 16.4. The average Bonchev–Trinajstić information content (AvgIpc) is 2.54. The van der Waals surface area contributed by atoms with Gasteiger partial charge in [-0.3, -0.25) is 4.79 Å². The van der Waals surface area contributed by atoms with Crippen molar-refractivity contribution in [3.8, 4) is 0 Å². The average molecular weight is 340 g/mol. The van der Waals surface area contributed by atoms with Crippen LogP contribution in [0.4, 0.5) is 16.2 Å². The van der Waals surface area contributed by atoms with Gasteiger partial charge in [-0.25, -0.2) is 4.79 Å². The van der Waals surface area contributed by atoms with E-state index in [0.29, 0.717) is 11.4 Å². The Kier molecular flexibility index (Phi) is 6.11. The molecule has 0 fully saturated rings. The van der Waals surface area contributed by atoms with E-state index in [2.05, 4.69) is 16.0 Å². The number of hydrogen-bond acceptors (Lipinski definition) is 4. The Balaban J connectivity index is 1.99. The van der Waals surface area contributed by atoms with Crippen molar-refractivity contribution in [3.63, 3.8) is 0 Å². The second-order valence-electron chi connectivity index (χ2n) is 5.42. The first-order valence-corrected chi connectivity index (χ1v) is 7.64. The van der Waals surface area contributed by atoms with E-state index in [0.717, 1.165) is 5.56 Å². The minimum absolute atomic E-state index is 0.114. The molecule has 2 aromatic rings. The topological polar surface area (TPSA) is 110 Å². The Labute approximate surface area is 145 Å². The lowest BCUT2D eigenvalue weighted by molar-refractivity contribution is -0.308. The molecule has 0 radical (unpaired) electrons. The molecular formula is C18H18N3O4-. The zero-order valence-corrected chi connectivity index (χ0v) is 13.6. The van der Waals surface area contributed by atoms with Gasteiger partial charge in [0.05, 0.1) is 12.0 Å². The Morgan fingerprint density at radius 2 is 1.60 bits per heavy atom. The number of hydrogen-bond donors (Lipinski definition) is 3. The van der Waals surface area contributed by atoms with Crippen molar-refractivity contribution in [1.29, 1.82) is 0 Å². The summed E-state index contributed by atoms with van der Waals surface area (Å²) >= 11 is 0. The third-order valence-corrected chi connectivity index (χ3v) is 3.31. The van der Waals surface area contributed by atoms with Gasteiger partial charge in [0.2, 0.25) is 5.91 Å². The number of benzene rings is 2. The number of carboxylic acids is 1. The SMILES string of the molecule is CC(=O)Nc1cccc(NC(=O)N[C@@H](Cc2ccccc2)C(=O)[O-])c1. The molecule has 3 N–H and O–H groups in total. The second-order valence-corrected chi connectivity index (χ2v) is 5.42. The van der Waals surface area contributed by atoms with E-state index in [4.69, 9.17) is 0 Å². The highest BCUT2D eigenvalue weighted by Crippen LogP contribution is 2.15. The highest BCUT2D eigenvalue weighted by Gasteiger charge is 2.14. The van der Waals surface area contributed by atoms with Crippen molar-refractivity contribution < 1.29 is 19.5 Å². The van der Waals surface area contributed by atoms with E-state index in [1.54, 1.807) is 48.5 Å². The molecule has 7 heteroatoms. The smallest absolute Gasteiger partial charge is 0.319 e. The van der Waals surface area contributed by atoms with Gasteiger partial charge in [0.25, 0.3) is 0 Å². The zero-order chi connectivity index (χ0) is 18.2. The lowest BCUT2D eigenvalue weighted by Gasteiger charge is -2.20. The van der Waals surface area contributed by atoms with Crippen LogP contribution in [0, 0.1) is 0 Å². The van der Waals surface area contributed by atoms with Crippen molar-refractivity contribution in [2.75, 3.05) is 10.6 Å². The van der Waals surface area contributed by atoms with Crippen LogP contribution in [0.5, 0.6) is 0 Å². The molecule has 2 rings (SSSR count). The summed E-state index contributed by atoms with van der Waals surface area (Å²) in [7, 11) is 0. The summed E-state index contributed by atoms with van der Waals surface area (Å²) in [6.07, 6.45) is 0.114. The Morgan fingerprint density at radius 1 is 0.960 bits per heavy atom. The molecule has 0 bridgehead atoms. The molecule has 2 aromatic carbocycles. The number of nitrogens with one attached hydrogen (secondary N) is 3. The standard InChI is InChI=1S/C18H19N3O4/c1-12(22)19-14-8-5-9-15(11-14)20-18(25)21-16(17(23)24)10-13-6-3-2-4-7-13/h2-9,11,16H,10H2,1H3,(H,19,22)(H,23,24)(H2,20,21,25)/p-1/t16-/m0/s1. The summed E-state index contributed by atoms with van der Waals surface area (Å²) in [5, 5.41) is 18.8. The number of amides is 3. The molecule has 25 heavy (non-hydrogen) atoms. The molecule has 0 aromatic heterocycles. The molecular weight excluding hydrogens is 322 g/mol. The van der Waals surface area contributed by atoms with Gasteiger partial charge >= 0.3 is 6.03 Å². The van der Waals surface area contributed by atoms with Crippen LogP contribution in [0.1, 0.15) is 12.5 Å². The molecule has 130 valence electrons. The maximum atomic E-state index is 12.1. The first-order valence-electron chi connectivity index (χ1n) is 7.64. The summed E-state index contributed by atoms with van der Waals surface area (Å²) < 4.78 is 0. The van der Waals surface area contributed by atoms with Crippen LogP contribution in [0.2, 0.25) is 0 Å². The normalized spacial score (nSPS) is 11.2. The number of rotatable bonds is 6. The van der Waals surface area contributed by atoms with E-state index in [-0.39, 0.29) is 12.3 Å². The van der Waals surface area contributed by atoms with Crippen molar-refractivity contribution in [2.24, 2.45) is 0 Å². The minimum Gasteiger partial charge on any atom is -0.548 e. The molecule has 0 unspecified atom stereocenters. The number of aliphatic carboxylic acids is 1. The van der Waals surface area contributed by atoms with Gasteiger partial charge in [0.1, 0.15) is 0 Å². The van der Waals surface area contributed by atoms with Crippen molar-refractivity contribution in [3.05, 3.63) is 60.2 Å². The minimum atomic E-state index is -1.37. The van der Waals surface area contributed by atoms with E-state index < -0.39 is 18.0 Å². The Bertz CT molecular complexity index is 762. The summed E-state index contributed by atoms with van der Waals surface area (Å²) in [6, 6.07) is 13.6. The highest BCUT2D eigenvalue weighted by molar-refractivity contribution is 5.94. The monoisotopic (exact) mass is 340 g/mol. The van der Waals surface area contributed by atoms with Gasteiger partial charge in [0, 0.05) is 18.3 Å². The Morgan fingerprint density at radius 3 is 2.20 bits per heavy atom. The predicted molar refractivity (Wildman–Crippen MR) is 91.8 cm³/mol. The number of carboxylic acid groups (broad SMARTS) is 1. The number of urea groups is 1. The fourth-order valence-electron chi connectivity index (χ4n) is 2.25. The lowest BCUT2D eigenvalue weighted by Crippen LogP contribution is -2.50. The first-order chi connectivity index (χ1) is 11.9. The zero-order valence-electron chi connectivity index (χ0n) is 13.6. The molecule has 0 saturated carbocycles. The van der Waals surface area contributed by atoms with E-state index in [1.807, 2.05) is 6.07 Å². The number of carbonyl (C=O) groups is 3. The maximum Gasteiger partial charge on any atom is 0.319 e. The van der Waals surface area contributed by atoms with Gasteiger partial charge in [-0.05, 0) is 30.2 Å². The van der Waals surface area contributed by atoms with Crippen molar-refractivity contribution >= 4 is 29.3 Å². The first kappa shape index (κ1) is 18.0. The Hall–Kier alpha value is -3.35. The fraction of sp³-hybridized carbons (Fsp3) is 0.167. The largest absolute Gasteiger partial charge is 0.548 e. The van der Waals surface area contributed by atoms with Crippen LogP contribution in [-0.4, -0.2) is 23.9 Å². The third kappa shape index (κ3) is 5.98. The molecule has 1 atom stereocenters. The molecule has 0 aliphatic heterocycles. The lowest BCUT2D eigenvalue weighted by atomic mass is 10.1.